The molecular weight excluding hydrogens is 362 g/mol. The van der Waals surface area contributed by atoms with Crippen LogP contribution in [0.2, 0.25) is 0 Å². The summed E-state index contributed by atoms with van der Waals surface area (Å²) in [4.78, 5) is 16.0. The first-order chi connectivity index (χ1) is 12.7. The summed E-state index contributed by atoms with van der Waals surface area (Å²) in [7, 11) is -3.61. The molecule has 0 atom stereocenters. The molecule has 0 aliphatic carbocycles. The number of sulfonamides is 1. The maximum atomic E-state index is 13.3. The van der Waals surface area contributed by atoms with Crippen molar-refractivity contribution in [2.75, 3.05) is 44.2 Å². The molecule has 0 saturated carbocycles. The summed E-state index contributed by atoms with van der Waals surface area (Å²) >= 11 is 0. The average Bonchev–Trinajstić information content (AvgIpc) is 3.04. The molecule has 152 valence electrons. The molecule has 0 fully saturated rings. The van der Waals surface area contributed by atoms with E-state index in [1.807, 2.05) is 19.9 Å². The number of hydrogen-bond acceptors (Lipinski definition) is 4. The molecule has 0 spiro atoms. The van der Waals surface area contributed by atoms with Gasteiger partial charge >= 0.3 is 0 Å². The molecule has 7 heteroatoms. The third-order valence-corrected chi connectivity index (χ3v) is 6.96. The highest BCUT2D eigenvalue weighted by Gasteiger charge is 2.29. The lowest BCUT2D eigenvalue weighted by Gasteiger charge is -2.27. The van der Waals surface area contributed by atoms with E-state index in [1.165, 1.54) is 6.92 Å². The van der Waals surface area contributed by atoms with Crippen LogP contribution in [0, 0.1) is 5.92 Å². The second-order valence-corrected chi connectivity index (χ2v) is 9.43. The van der Waals surface area contributed by atoms with Gasteiger partial charge in [0.15, 0.2) is 0 Å². The van der Waals surface area contributed by atoms with Crippen molar-refractivity contribution in [3.8, 4) is 0 Å². The molecule has 1 amide bonds. The van der Waals surface area contributed by atoms with Gasteiger partial charge in [-0.25, -0.2) is 8.42 Å². The number of nitrogens with zero attached hydrogens (tertiary/aromatic N) is 3. The fourth-order valence-corrected chi connectivity index (χ4v) is 5.12. The van der Waals surface area contributed by atoms with E-state index < -0.39 is 10.0 Å². The Kier molecular flexibility index (Phi) is 7.42. The van der Waals surface area contributed by atoms with Crippen molar-refractivity contribution in [2.45, 2.75) is 45.9 Å². The fraction of sp³-hybridized carbons (Fsp3) is 0.650. The van der Waals surface area contributed by atoms with Crippen molar-refractivity contribution in [1.82, 2.24) is 9.21 Å². The summed E-state index contributed by atoms with van der Waals surface area (Å²) in [5.74, 6) is 0.184. The zero-order valence-electron chi connectivity index (χ0n) is 17.2. The summed E-state index contributed by atoms with van der Waals surface area (Å²) in [6.45, 7) is 13.8. The topological polar surface area (TPSA) is 60.9 Å². The van der Waals surface area contributed by atoms with Crippen LogP contribution in [0.3, 0.4) is 0 Å². The third-order valence-electron chi connectivity index (χ3n) is 5.10. The molecule has 1 heterocycles. The van der Waals surface area contributed by atoms with E-state index in [0.717, 1.165) is 30.8 Å². The first-order valence-corrected chi connectivity index (χ1v) is 11.3. The predicted molar refractivity (Wildman–Crippen MR) is 110 cm³/mol. The molecule has 0 bridgehead atoms. The molecule has 27 heavy (non-hydrogen) atoms. The minimum absolute atomic E-state index is 0.0520. The number of carbonyl (C=O) groups excluding carboxylic acids is 1. The van der Waals surface area contributed by atoms with E-state index in [0.29, 0.717) is 26.2 Å². The van der Waals surface area contributed by atoms with Crippen LogP contribution in [-0.4, -0.2) is 62.8 Å². The first-order valence-electron chi connectivity index (χ1n) is 9.84. The van der Waals surface area contributed by atoms with Crippen LogP contribution in [-0.2, 0) is 21.2 Å². The molecule has 6 nitrogen and oxygen atoms in total. The largest absolute Gasteiger partial charge is 0.312 e. The van der Waals surface area contributed by atoms with Crippen LogP contribution in [0.4, 0.5) is 5.69 Å². The van der Waals surface area contributed by atoms with Crippen LogP contribution in [0.25, 0.3) is 0 Å². The minimum Gasteiger partial charge on any atom is -0.312 e. The van der Waals surface area contributed by atoms with E-state index in [-0.39, 0.29) is 16.7 Å². The number of anilines is 1. The highest BCUT2D eigenvalue weighted by atomic mass is 32.2. The van der Waals surface area contributed by atoms with Crippen molar-refractivity contribution >= 4 is 21.6 Å². The molecule has 1 aliphatic heterocycles. The molecule has 1 aromatic rings. The number of hydrogen-bond donors (Lipinski definition) is 0. The lowest BCUT2D eigenvalue weighted by Crippen LogP contribution is -2.40. The Bertz CT molecular complexity index is 758. The van der Waals surface area contributed by atoms with Gasteiger partial charge in [-0.05, 0) is 43.1 Å². The van der Waals surface area contributed by atoms with E-state index >= 15 is 0 Å². The fourth-order valence-electron chi connectivity index (χ4n) is 3.51. The Morgan fingerprint density at radius 3 is 2.41 bits per heavy atom. The van der Waals surface area contributed by atoms with Gasteiger partial charge in [0.2, 0.25) is 15.9 Å². The number of fused-ring (bicyclic) bond motifs is 1. The monoisotopic (exact) mass is 395 g/mol. The summed E-state index contributed by atoms with van der Waals surface area (Å²) in [5.41, 5.74) is 1.76. The van der Waals surface area contributed by atoms with Crippen LogP contribution >= 0.6 is 0 Å². The third kappa shape index (κ3) is 5.09. The Morgan fingerprint density at radius 2 is 1.85 bits per heavy atom. The van der Waals surface area contributed by atoms with Gasteiger partial charge in [0, 0.05) is 38.8 Å². The van der Waals surface area contributed by atoms with Crippen LogP contribution in [0.1, 0.15) is 40.2 Å². The Morgan fingerprint density at radius 1 is 1.19 bits per heavy atom. The van der Waals surface area contributed by atoms with Gasteiger partial charge in [-0.15, -0.1) is 0 Å². The maximum Gasteiger partial charge on any atom is 0.243 e. The van der Waals surface area contributed by atoms with E-state index in [1.54, 1.807) is 21.3 Å². The average molecular weight is 396 g/mol. The Balaban J connectivity index is 2.32. The summed E-state index contributed by atoms with van der Waals surface area (Å²) in [5, 5.41) is 0. The highest BCUT2D eigenvalue weighted by Crippen LogP contribution is 2.31. The van der Waals surface area contributed by atoms with Gasteiger partial charge in [0.1, 0.15) is 0 Å². The van der Waals surface area contributed by atoms with Crippen molar-refractivity contribution < 1.29 is 13.2 Å². The molecule has 1 aliphatic rings. The minimum atomic E-state index is -3.61. The van der Waals surface area contributed by atoms with Gasteiger partial charge in [-0.3, -0.25) is 4.79 Å². The number of amides is 1. The van der Waals surface area contributed by atoms with E-state index in [9.17, 15) is 13.2 Å². The van der Waals surface area contributed by atoms with Crippen molar-refractivity contribution in [2.24, 2.45) is 5.92 Å². The second-order valence-electron chi connectivity index (χ2n) is 7.49. The Labute approximate surface area is 164 Å². The summed E-state index contributed by atoms with van der Waals surface area (Å²) in [6, 6.07) is 5.20. The quantitative estimate of drug-likeness (QED) is 0.645. The predicted octanol–water partition coefficient (Wildman–Crippen LogP) is 2.58. The molecule has 2 rings (SSSR count). The van der Waals surface area contributed by atoms with Gasteiger partial charge in [0.25, 0.3) is 0 Å². The lowest BCUT2D eigenvalue weighted by atomic mass is 10.2. The molecule has 0 saturated heterocycles. The molecule has 0 radical (unpaired) electrons. The molecule has 0 N–H and O–H groups in total. The molecule has 0 aromatic heterocycles. The number of rotatable bonds is 9. The maximum absolute atomic E-state index is 13.3. The smallest absolute Gasteiger partial charge is 0.243 e. The summed E-state index contributed by atoms with van der Waals surface area (Å²) in [6.07, 6.45) is 0.771. The first kappa shape index (κ1) is 21.9. The van der Waals surface area contributed by atoms with E-state index in [2.05, 4.69) is 18.7 Å². The van der Waals surface area contributed by atoms with Gasteiger partial charge in [-0.1, -0.05) is 33.8 Å². The second kappa shape index (κ2) is 9.17. The Hall–Kier alpha value is -1.44. The van der Waals surface area contributed by atoms with E-state index in [4.69, 9.17) is 0 Å². The standard InChI is InChI=1S/C20H33N3O3S/c1-6-21(7-2)12-13-22(15-16(3)4)27(25,26)19-9-8-18-10-11-23(17(5)24)20(18)14-19/h8-9,14,16H,6-7,10-13,15H2,1-5H3. The normalized spacial score (nSPS) is 14.4. The van der Waals surface area contributed by atoms with Crippen LogP contribution in [0.15, 0.2) is 23.1 Å². The number of likely N-dealkylation sites (N-methyl/N-ethyl adjacent to an activating group) is 1. The highest BCUT2D eigenvalue weighted by molar-refractivity contribution is 7.89. The van der Waals surface area contributed by atoms with Crippen LogP contribution in [0.5, 0.6) is 0 Å². The summed E-state index contributed by atoms with van der Waals surface area (Å²) < 4.78 is 28.3. The molecule has 1 aromatic carbocycles. The van der Waals surface area contributed by atoms with Crippen molar-refractivity contribution in [1.29, 1.82) is 0 Å². The molecular formula is C20H33N3O3S. The lowest BCUT2D eigenvalue weighted by molar-refractivity contribution is -0.116. The number of carbonyl (C=O) groups is 1. The molecule has 0 unspecified atom stereocenters. The SMILES string of the molecule is CCN(CC)CCN(CC(C)C)S(=O)(=O)c1ccc2c(c1)N(C(C)=O)CC2. The zero-order chi connectivity index (χ0) is 20.2. The zero-order valence-corrected chi connectivity index (χ0v) is 18.1. The van der Waals surface area contributed by atoms with Gasteiger partial charge in [-0.2, -0.15) is 4.31 Å². The number of benzene rings is 1. The van der Waals surface area contributed by atoms with Gasteiger partial charge < -0.3 is 9.80 Å². The van der Waals surface area contributed by atoms with Gasteiger partial charge in [0.05, 0.1) is 4.90 Å². The van der Waals surface area contributed by atoms with Crippen LogP contribution < -0.4 is 4.90 Å². The van der Waals surface area contributed by atoms with Crippen molar-refractivity contribution in [3.63, 3.8) is 0 Å². The van der Waals surface area contributed by atoms with Crippen molar-refractivity contribution in [3.05, 3.63) is 23.8 Å².